The SMILES string of the molecule is CC1CN(C)CCCN1c1nc[nH]c(=O)c1I. The zero-order valence-electron chi connectivity index (χ0n) is 10.1. The number of nitrogens with zero attached hydrogens (tertiary/aromatic N) is 3. The maximum Gasteiger partial charge on any atom is 0.266 e. The number of aromatic nitrogens is 2. The molecule has 1 aromatic heterocycles. The minimum Gasteiger partial charge on any atom is -0.351 e. The van der Waals surface area contributed by atoms with Gasteiger partial charge in [-0.25, -0.2) is 4.98 Å². The Kier molecular flexibility index (Phi) is 4.03. The molecule has 0 bridgehead atoms. The summed E-state index contributed by atoms with van der Waals surface area (Å²) in [6.45, 7) is 5.24. The second-order valence-corrected chi connectivity index (χ2v) is 5.61. The van der Waals surface area contributed by atoms with Crippen molar-refractivity contribution in [1.82, 2.24) is 14.9 Å². The number of likely N-dealkylation sites (N-methyl/N-ethyl adjacent to an activating group) is 1. The van der Waals surface area contributed by atoms with Gasteiger partial charge in [0, 0.05) is 19.1 Å². The van der Waals surface area contributed by atoms with Crippen LogP contribution in [-0.2, 0) is 0 Å². The van der Waals surface area contributed by atoms with Crippen molar-refractivity contribution in [3.63, 3.8) is 0 Å². The maximum absolute atomic E-state index is 11.6. The van der Waals surface area contributed by atoms with Gasteiger partial charge in [0.2, 0.25) is 0 Å². The normalized spacial score (nSPS) is 22.5. The molecule has 1 N–H and O–H groups in total. The number of hydrogen-bond acceptors (Lipinski definition) is 4. The summed E-state index contributed by atoms with van der Waals surface area (Å²) in [6, 6.07) is 0.380. The van der Waals surface area contributed by atoms with Crippen molar-refractivity contribution in [2.24, 2.45) is 0 Å². The van der Waals surface area contributed by atoms with Gasteiger partial charge in [0.05, 0.1) is 6.33 Å². The highest BCUT2D eigenvalue weighted by Gasteiger charge is 2.23. The van der Waals surface area contributed by atoms with Crippen LogP contribution in [-0.4, -0.2) is 47.6 Å². The molecule has 1 aliphatic rings. The summed E-state index contributed by atoms with van der Waals surface area (Å²) in [7, 11) is 2.14. The van der Waals surface area contributed by atoms with Crippen LogP contribution in [0.4, 0.5) is 5.82 Å². The monoisotopic (exact) mass is 348 g/mol. The average molecular weight is 348 g/mol. The number of rotatable bonds is 1. The fourth-order valence-corrected chi connectivity index (χ4v) is 2.87. The lowest BCUT2D eigenvalue weighted by atomic mass is 10.2. The van der Waals surface area contributed by atoms with E-state index >= 15 is 0 Å². The molecular formula is C11H17IN4O. The van der Waals surface area contributed by atoms with Crippen molar-refractivity contribution in [2.75, 3.05) is 31.6 Å². The molecule has 1 fully saturated rings. The van der Waals surface area contributed by atoms with E-state index < -0.39 is 0 Å². The van der Waals surface area contributed by atoms with Crippen molar-refractivity contribution >= 4 is 28.4 Å². The predicted octanol–water partition coefficient (Wildman–Crippen LogP) is 0.905. The van der Waals surface area contributed by atoms with Gasteiger partial charge in [0.25, 0.3) is 5.56 Å². The van der Waals surface area contributed by atoms with Gasteiger partial charge in [-0.3, -0.25) is 4.79 Å². The highest BCUT2D eigenvalue weighted by Crippen LogP contribution is 2.20. The topological polar surface area (TPSA) is 52.2 Å². The van der Waals surface area contributed by atoms with Crippen molar-refractivity contribution < 1.29 is 0 Å². The van der Waals surface area contributed by atoms with E-state index in [1.165, 1.54) is 6.33 Å². The van der Waals surface area contributed by atoms with Crippen LogP contribution in [0.25, 0.3) is 0 Å². The zero-order chi connectivity index (χ0) is 12.4. The number of H-pyrrole nitrogens is 1. The van der Waals surface area contributed by atoms with Crippen LogP contribution in [0.5, 0.6) is 0 Å². The summed E-state index contributed by atoms with van der Waals surface area (Å²) in [6.07, 6.45) is 2.59. The number of hydrogen-bond donors (Lipinski definition) is 1. The molecule has 0 amide bonds. The molecule has 0 spiro atoms. The fourth-order valence-electron chi connectivity index (χ4n) is 2.26. The quantitative estimate of drug-likeness (QED) is 0.767. The highest BCUT2D eigenvalue weighted by molar-refractivity contribution is 14.1. The largest absolute Gasteiger partial charge is 0.351 e. The molecule has 5 nitrogen and oxygen atoms in total. The van der Waals surface area contributed by atoms with Crippen molar-refractivity contribution in [3.8, 4) is 0 Å². The fraction of sp³-hybridized carbons (Fsp3) is 0.636. The Morgan fingerprint density at radius 1 is 1.53 bits per heavy atom. The summed E-state index contributed by atoms with van der Waals surface area (Å²) in [5.41, 5.74) is -0.0552. The number of nitrogens with one attached hydrogen (secondary N) is 1. The van der Waals surface area contributed by atoms with Gasteiger partial charge in [-0.15, -0.1) is 0 Å². The molecule has 2 heterocycles. The van der Waals surface area contributed by atoms with Gasteiger partial charge < -0.3 is 14.8 Å². The van der Waals surface area contributed by atoms with E-state index in [-0.39, 0.29) is 5.56 Å². The van der Waals surface area contributed by atoms with Crippen molar-refractivity contribution in [3.05, 3.63) is 20.3 Å². The molecule has 0 radical (unpaired) electrons. The third-order valence-electron chi connectivity index (χ3n) is 3.10. The number of aromatic amines is 1. The maximum atomic E-state index is 11.6. The van der Waals surface area contributed by atoms with Crippen LogP contribution >= 0.6 is 22.6 Å². The molecule has 1 aromatic rings. The molecule has 1 aliphatic heterocycles. The first-order valence-electron chi connectivity index (χ1n) is 5.78. The molecule has 6 heteroatoms. The second kappa shape index (κ2) is 5.34. The lowest BCUT2D eigenvalue weighted by Gasteiger charge is -2.29. The van der Waals surface area contributed by atoms with Crippen LogP contribution in [0.1, 0.15) is 13.3 Å². The minimum absolute atomic E-state index is 0.0552. The Hall–Kier alpha value is -0.630. The Morgan fingerprint density at radius 2 is 2.29 bits per heavy atom. The first-order valence-corrected chi connectivity index (χ1v) is 6.86. The van der Waals surface area contributed by atoms with Crippen molar-refractivity contribution in [2.45, 2.75) is 19.4 Å². The van der Waals surface area contributed by atoms with Crippen LogP contribution in [0.3, 0.4) is 0 Å². The Bertz CT molecular complexity index is 447. The van der Waals surface area contributed by atoms with Gasteiger partial charge in [0.15, 0.2) is 0 Å². The van der Waals surface area contributed by atoms with Gasteiger partial charge in [-0.1, -0.05) is 0 Å². The Labute approximate surface area is 114 Å². The third kappa shape index (κ3) is 2.79. The first kappa shape index (κ1) is 12.8. The van der Waals surface area contributed by atoms with Crippen molar-refractivity contribution in [1.29, 1.82) is 0 Å². The summed E-state index contributed by atoms with van der Waals surface area (Å²) >= 11 is 2.07. The van der Waals surface area contributed by atoms with E-state index in [0.29, 0.717) is 9.61 Å². The summed E-state index contributed by atoms with van der Waals surface area (Å²) < 4.78 is 0.682. The average Bonchev–Trinajstić information content (AvgIpc) is 2.44. The molecule has 1 unspecified atom stereocenters. The van der Waals surface area contributed by atoms with E-state index in [1.807, 2.05) is 0 Å². The molecule has 1 saturated heterocycles. The molecule has 0 aliphatic carbocycles. The van der Waals surface area contributed by atoms with Crippen LogP contribution in [0, 0.1) is 3.57 Å². The van der Waals surface area contributed by atoms with Gasteiger partial charge in [-0.05, 0) is 49.5 Å². The summed E-state index contributed by atoms with van der Waals surface area (Å²) in [5, 5.41) is 0. The molecule has 17 heavy (non-hydrogen) atoms. The third-order valence-corrected chi connectivity index (χ3v) is 4.07. The standard InChI is InChI=1S/C11H17IN4O/c1-8-6-15(2)4-3-5-16(8)10-9(12)11(17)14-7-13-10/h7-8H,3-6H2,1-2H3,(H,13,14,17). The lowest BCUT2D eigenvalue weighted by Crippen LogP contribution is -2.39. The zero-order valence-corrected chi connectivity index (χ0v) is 12.3. The second-order valence-electron chi connectivity index (χ2n) is 4.53. The van der Waals surface area contributed by atoms with E-state index in [9.17, 15) is 4.79 Å². The van der Waals surface area contributed by atoms with Gasteiger partial charge in [-0.2, -0.15) is 0 Å². The predicted molar refractivity (Wildman–Crippen MR) is 76.5 cm³/mol. The smallest absolute Gasteiger partial charge is 0.266 e. The lowest BCUT2D eigenvalue weighted by molar-refractivity contribution is 0.337. The molecular weight excluding hydrogens is 331 g/mol. The molecule has 94 valence electrons. The molecule has 2 rings (SSSR count). The van der Waals surface area contributed by atoms with E-state index in [1.54, 1.807) is 0 Å². The van der Waals surface area contributed by atoms with Gasteiger partial charge in [0.1, 0.15) is 9.39 Å². The van der Waals surface area contributed by atoms with E-state index in [0.717, 1.165) is 31.9 Å². The Morgan fingerprint density at radius 3 is 3.06 bits per heavy atom. The minimum atomic E-state index is -0.0552. The first-order chi connectivity index (χ1) is 8.09. The highest BCUT2D eigenvalue weighted by atomic mass is 127. The number of halogens is 1. The van der Waals surface area contributed by atoms with Gasteiger partial charge >= 0.3 is 0 Å². The van der Waals surface area contributed by atoms with Crippen LogP contribution in [0.15, 0.2) is 11.1 Å². The molecule has 0 aromatic carbocycles. The molecule has 1 atom stereocenters. The summed E-state index contributed by atoms with van der Waals surface area (Å²) in [5.74, 6) is 0.817. The van der Waals surface area contributed by atoms with E-state index in [4.69, 9.17) is 0 Å². The Balaban J connectivity index is 2.32. The van der Waals surface area contributed by atoms with Crippen LogP contribution < -0.4 is 10.5 Å². The van der Waals surface area contributed by atoms with E-state index in [2.05, 4.69) is 56.3 Å². The number of anilines is 1. The summed E-state index contributed by atoms with van der Waals surface area (Å²) in [4.78, 5) is 23.1. The molecule has 0 saturated carbocycles. The van der Waals surface area contributed by atoms with Crippen LogP contribution in [0.2, 0.25) is 0 Å².